The Kier molecular flexibility index (Phi) is 8.39. The molecular weight excluding hydrogens is 550 g/mol. The highest BCUT2D eigenvalue weighted by molar-refractivity contribution is 6.02. The zero-order valence-electron chi connectivity index (χ0n) is 26.3. The minimum absolute atomic E-state index is 0.0671. The zero-order chi connectivity index (χ0) is 30.8. The van der Waals surface area contributed by atoms with Gasteiger partial charge in [0.1, 0.15) is 11.5 Å². The number of ether oxygens (including phenoxy) is 2. The smallest absolute Gasteiger partial charge is 0.242 e. The number of ketones is 1. The van der Waals surface area contributed by atoms with E-state index in [2.05, 4.69) is 54.4 Å². The van der Waals surface area contributed by atoms with E-state index in [0.29, 0.717) is 29.4 Å². The highest BCUT2D eigenvalue weighted by atomic mass is 16.5. The van der Waals surface area contributed by atoms with Gasteiger partial charge in [-0.3, -0.25) is 9.59 Å². The van der Waals surface area contributed by atoms with Crippen LogP contribution in [0.1, 0.15) is 56.7 Å². The molecule has 1 N–H and O–H groups in total. The molecule has 0 spiro atoms. The lowest BCUT2D eigenvalue weighted by atomic mass is 9.73. The maximum absolute atomic E-state index is 14.2. The summed E-state index contributed by atoms with van der Waals surface area (Å²) in [7, 11) is 3.28. The summed E-state index contributed by atoms with van der Waals surface area (Å²) in [6, 6.07) is 23.8. The van der Waals surface area contributed by atoms with Gasteiger partial charge in [0.15, 0.2) is 5.78 Å². The molecule has 1 fully saturated rings. The quantitative estimate of drug-likeness (QED) is 0.325. The lowest BCUT2D eigenvalue weighted by Gasteiger charge is -2.39. The first-order chi connectivity index (χ1) is 21.3. The van der Waals surface area contributed by atoms with Crippen LogP contribution in [-0.2, 0) is 16.0 Å². The number of hydrogen-bond donors (Lipinski definition) is 1. The second-order valence-corrected chi connectivity index (χ2v) is 13.1. The Morgan fingerprint density at radius 2 is 1.66 bits per heavy atom. The number of anilines is 2. The van der Waals surface area contributed by atoms with Gasteiger partial charge in [-0.25, -0.2) is 0 Å². The molecule has 0 bridgehead atoms. The second kappa shape index (κ2) is 12.4. The van der Waals surface area contributed by atoms with Gasteiger partial charge < -0.3 is 24.6 Å². The van der Waals surface area contributed by atoms with Gasteiger partial charge in [-0.15, -0.1) is 0 Å². The first-order valence-corrected chi connectivity index (χ1v) is 15.7. The summed E-state index contributed by atoms with van der Waals surface area (Å²) in [5, 5.41) is 3.65. The van der Waals surface area contributed by atoms with Crippen LogP contribution in [-0.4, -0.2) is 50.4 Å². The van der Waals surface area contributed by atoms with E-state index in [4.69, 9.17) is 9.47 Å². The van der Waals surface area contributed by atoms with Crippen LogP contribution in [0.15, 0.2) is 84.1 Å². The Morgan fingerprint density at radius 3 is 2.39 bits per heavy atom. The number of likely N-dealkylation sites (tertiary alicyclic amines) is 1. The van der Waals surface area contributed by atoms with Crippen molar-refractivity contribution in [1.82, 2.24) is 4.90 Å². The highest BCUT2D eigenvalue weighted by Gasteiger charge is 2.43. The molecule has 1 atom stereocenters. The van der Waals surface area contributed by atoms with Crippen molar-refractivity contribution in [2.24, 2.45) is 11.3 Å². The molecule has 1 unspecified atom stereocenters. The van der Waals surface area contributed by atoms with Crippen LogP contribution in [0.4, 0.5) is 11.4 Å². The highest BCUT2D eigenvalue weighted by Crippen LogP contribution is 2.50. The van der Waals surface area contributed by atoms with Crippen molar-refractivity contribution in [3.8, 4) is 11.5 Å². The van der Waals surface area contributed by atoms with Gasteiger partial charge in [-0.05, 0) is 72.9 Å². The molecule has 3 aliphatic rings. The summed E-state index contributed by atoms with van der Waals surface area (Å²) in [5.74, 6) is 2.04. The molecule has 0 radical (unpaired) electrons. The molecule has 1 saturated heterocycles. The molecule has 2 heterocycles. The molecular formula is C37H43N3O4. The van der Waals surface area contributed by atoms with E-state index in [-0.39, 0.29) is 23.7 Å². The Labute approximate surface area is 260 Å². The Hall–Kier alpha value is -4.26. The third-order valence-electron chi connectivity index (χ3n) is 9.38. The number of amides is 1. The van der Waals surface area contributed by atoms with Crippen LogP contribution in [0, 0.1) is 11.3 Å². The predicted octanol–water partition coefficient (Wildman–Crippen LogP) is 6.80. The van der Waals surface area contributed by atoms with Crippen LogP contribution in [0.3, 0.4) is 0 Å². The Balaban J connectivity index is 1.37. The van der Waals surface area contributed by atoms with E-state index in [0.717, 1.165) is 61.4 Å². The van der Waals surface area contributed by atoms with Crippen molar-refractivity contribution in [3.63, 3.8) is 0 Å². The molecule has 3 aromatic carbocycles. The van der Waals surface area contributed by atoms with Gasteiger partial charge in [0.2, 0.25) is 5.91 Å². The van der Waals surface area contributed by atoms with Gasteiger partial charge in [0.25, 0.3) is 0 Å². The first kappa shape index (κ1) is 29.8. The van der Waals surface area contributed by atoms with Crippen molar-refractivity contribution in [2.45, 2.75) is 52.0 Å². The molecule has 230 valence electrons. The lowest BCUT2D eigenvalue weighted by Crippen LogP contribution is -2.46. The van der Waals surface area contributed by atoms with Gasteiger partial charge in [-0.1, -0.05) is 56.3 Å². The summed E-state index contributed by atoms with van der Waals surface area (Å²) in [4.78, 5) is 32.4. The summed E-state index contributed by atoms with van der Waals surface area (Å²) >= 11 is 0. The summed E-state index contributed by atoms with van der Waals surface area (Å²) in [6.07, 6.45) is 4.16. The van der Waals surface area contributed by atoms with Crippen molar-refractivity contribution in [3.05, 3.63) is 95.2 Å². The molecule has 7 heteroatoms. The number of fused-ring (bicyclic) bond motifs is 1. The number of nitrogens with zero attached hydrogens (tertiary/aromatic N) is 2. The number of piperidine rings is 1. The SMILES string of the molecule is COc1ccc(OC)c(C2C3=C(CC(C)(C)CC3=O)Nc3ccccc3N2CC(=O)N2CCC(Cc3ccccc3)CC2)c1. The molecule has 6 rings (SSSR count). The fourth-order valence-electron chi connectivity index (χ4n) is 7.18. The maximum Gasteiger partial charge on any atom is 0.242 e. The number of allylic oxidation sites excluding steroid dienone is 1. The third kappa shape index (κ3) is 6.05. The fraction of sp³-hybridized carbons (Fsp3) is 0.405. The van der Waals surface area contributed by atoms with Crippen LogP contribution in [0.25, 0.3) is 0 Å². The molecule has 0 aromatic heterocycles. The van der Waals surface area contributed by atoms with E-state index in [1.807, 2.05) is 47.4 Å². The summed E-state index contributed by atoms with van der Waals surface area (Å²) in [5.41, 5.74) is 5.35. The number of hydrogen-bond acceptors (Lipinski definition) is 6. The maximum atomic E-state index is 14.2. The lowest BCUT2D eigenvalue weighted by molar-refractivity contribution is -0.131. The van der Waals surface area contributed by atoms with Gasteiger partial charge in [-0.2, -0.15) is 0 Å². The predicted molar refractivity (Wildman–Crippen MR) is 174 cm³/mol. The average Bonchev–Trinajstić information content (AvgIpc) is 3.15. The van der Waals surface area contributed by atoms with Crippen molar-refractivity contribution >= 4 is 23.1 Å². The van der Waals surface area contributed by atoms with Gasteiger partial charge in [0, 0.05) is 36.3 Å². The van der Waals surface area contributed by atoms with Crippen LogP contribution < -0.4 is 19.7 Å². The Bertz CT molecular complexity index is 1560. The van der Waals surface area contributed by atoms with Gasteiger partial charge in [0.05, 0.1) is 38.2 Å². The number of rotatable bonds is 7. The number of Topliss-reactive ketones (excluding diaryl/α,β-unsaturated/α-hetero) is 1. The van der Waals surface area contributed by atoms with E-state index >= 15 is 0 Å². The normalized spacial score (nSPS) is 19.9. The van der Waals surface area contributed by atoms with Crippen LogP contribution in [0.2, 0.25) is 0 Å². The topological polar surface area (TPSA) is 71.1 Å². The number of nitrogens with one attached hydrogen (secondary N) is 1. The van der Waals surface area contributed by atoms with E-state index in [1.165, 1.54) is 5.56 Å². The zero-order valence-corrected chi connectivity index (χ0v) is 26.3. The molecule has 7 nitrogen and oxygen atoms in total. The van der Waals surface area contributed by atoms with E-state index in [1.54, 1.807) is 14.2 Å². The van der Waals surface area contributed by atoms with Crippen LogP contribution in [0.5, 0.6) is 11.5 Å². The van der Waals surface area contributed by atoms with Crippen LogP contribution >= 0.6 is 0 Å². The largest absolute Gasteiger partial charge is 0.497 e. The minimum Gasteiger partial charge on any atom is -0.497 e. The first-order valence-electron chi connectivity index (χ1n) is 15.7. The van der Waals surface area contributed by atoms with E-state index < -0.39 is 6.04 Å². The minimum atomic E-state index is -0.533. The molecule has 1 amide bonds. The molecule has 3 aromatic rings. The fourth-order valence-corrected chi connectivity index (χ4v) is 7.18. The second-order valence-electron chi connectivity index (χ2n) is 13.1. The standard InChI is InChI=1S/C37H43N3O4/c1-37(2)22-30-35(32(41)23-37)36(28-21-27(43-3)14-15-33(28)44-4)40(31-13-9-8-12-29(31)38-30)24-34(42)39-18-16-26(17-19-39)20-25-10-6-5-7-11-25/h5-15,21,26,36,38H,16-20,22-24H2,1-4H3. The van der Waals surface area contributed by atoms with E-state index in [9.17, 15) is 9.59 Å². The van der Waals surface area contributed by atoms with Crippen molar-refractivity contribution < 1.29 is 19.1 Å². The number of benzene rings is 3. The number of methoxy groups -OCH3 is 2. The number of para-hydroxylation sites is 2. The molecule has 0 saturated carbocycles. The third-order valence-corrected chi connectivity index (χ3v) is 9.38. The number of carbonyl (C=O) groups is 2. The molecule has 44 heavy (non-hydrogen) atoms. The van der Waals surface area contributed by atoms with Gasteiger partial charge >= 0.3 is 0 Å². The summed E-state index contributed by atoms with van der Waals surface area (Å²) < 4.78 is 11.5. The van der Waals surface area contributed by atoms with Crippen molar-refractivity contribution in [1.29, 1.82) is 0 Å². The summed E-state index contributed by atoms with van der Waals surface area (Å²) in [6.45, 7) is 5.88. The number of carbonyl (C=O) groups excluding carboxylic acids is 2. The Morgan fingerprint density at radius 1 is 0.932 bits per heavy atom. The van der Waals surface area contributed by atoms with Crippen molar-refractivity contribution in [2.75, 3.05) is 44.1 Å². The monoisotopic (exact) mass is 593 g/mol. The molecule has 2 aliphatic heterocycles. The molecule has 1 aliphatic carbocycles. The average molecular weight is 594 g/mol.